The van der Waals surface area contributed by atoms with Crippen molar-refractivity contribution in [1.29, 1.82) is 0 Å². The molecule has 0 radical (unpaired) electrons. The molecule has 1 saturated heterocycles. The number of methoxy groups -OCH3 is 1. The van der Waals surface area contributed by atoms with Gasteiger partial charge in [-0.2, -0.15) is 0 Å². The highest BCUT2D eigenvalue weighted by Crippen LogP contribution is 2.19. The van der Waals surface area contributed by atoms with Gasteiger partial charge in [-0.15, -0.1) is 0 Å². The minimum Gasteiger partial charge on any atom is -0.379 e. The molecule has 1 heterocycles. The van der Waals surface area contributed by atoms with Crippen LogP contribution >= 0.6 is 0 Å². The van der Waals surface area contributed by atoms with Gasteiger partial charge in [0.2, 0.25) is 5.91 Å². The number of benzene rings is 1. The summed E-state index contributed by atoms with van der Waals surface area (Å²) >= 11 is 0. The van der Waals surface area contributed by atoms with E-state index in [0.717, 1.165) is 25.8 Å². The smallest absolute Gasteiger partial charge is 0.225 e. The van der Waals surface area contributed by atoms with Crippen molar-refractivity contribution in [3.05, 3.63) is 35.9 Å². The van der Waals surface area contributed by atoms with Crippen LogP contribution in [0, 0.1) is 5.92 Å². The highest BCUT2D eigenvalue weighted by atomic mass is 16.5. The van der Waals surface area contributed by atoms with Crippen molar-refractivity contribution in [3.63, 3.8) is 0 Å². The van der Waals surface area contributed by atoms with Crippen molar-refractivity contribution in [3.8, 4) is 0 Å². The zero-order valence-electron chi connectivity index (χ0n) is 13.8. The molecule has 0 aromatic heterocycles. The molecule has 4 unspecified atom stereocenters. The summed E-state index contributed by atoms with van der Waals surface area (Å²) in [7, 11) is 1.70. The maximum Gasteiger partial charge on any atom is 0.225 e. The van der Waals surface area contributed by atoms with Crippen molar-refractivity contribution in [1.82, 2.24) is 10.6 Å². The molecule has 4 heteroatoms. The molecule has 22 heavy (non-hydrogen) atoms. The van der Waals surface area contributed by atoms with Crippen LogP contribution in [0.3, 0.4) is 0 Å². The van der Waals surface area contributed by atoms with Crippen LogP contribution in [0.1, 0.15) is 32.3 Å². The van der Waals surface area contributed by atoms with Gasteiger partial charge in [0.15, 0.2) is 0 Å². The molecule has 4 nitrogen and oxygen atoms in total. The lowest BCUT2D eigenvalue weighted by molar-refractivity contribution is -0.130. The summed E-state index contributed by atoms with van der Waals surface area (Å²) in [6.07, 6.45) is 3.02. The Bertz CT molecular complexity index is 457. The van der Waals surface area contributed by atoms with E-state index in [-0.39, 0.29) is 30.0 Å². The molecule has 2 N–H and O–H groups in total. The zero-order chi connectivity index (χ0) is 15.9. The first kappa shape index (κ1) is 17.0. The highest BCUT2D eigenvalue weighted by Gasteiger charge is 2.33. The molecule has 1 aromatic rings. The van der Waals surface area contributed by atoms with Crippen LogP contribution in [-0.4, -0.2) is 37.7 Å². The molecule has 0 saturated carbocycles. The number of ether oxygens (including phenoxy) is 1. The van der Waals surface area contributed by atoms with Crippen molar-refractivity contribution in [2.75, 3.05) is 13.7 Å². The quantitative estimate of drug-likeness (QED) is 0.811. The summed E-state index contributed by atoms with van der Waals surface area (Å²) in [5, 5.41) is 6.55. The van der Waals surface area contributed by atoms with Gasteiger partial charge in [-0.05, 0) is 38.3 Å². The van der Waals surface area contributed by atoms with Crippen molar-refractivity contribution in [2.24, 2.45) is 5.92 Å². The first-order chi connectivity index (χ1) is 10.6. The Balaban J connectivity index is 1.86. The van der Waals surface area contributed by atoms with Crippen LogP contribution in [0.5, 0.6) is 0 Å². The maximum atomic E-state index is 12.5. The predicted octanol–water partition coefficient (Wildman–Crippen LogP) is 2.14. The summed E-state index contributed by atoms with van der Waals surface area (Å²) in [6.45, 7) is 5.02. The molecule has 0 bridgehead atoms. The molecule has 1 aliphatic rings. The summed E-state index contributed by atoms with van der Waals surface area (Å²) in [5.74, 6) is -0.0807. The molecule has 122 valence electrons. The third kappa shape index (κ3) is 4.55. The Morgan fingerprint density at radius 1 is 1.36 bits per heavy atom. The first-order valence-electron chi connectivity index (χ1n) is 8.22. The SMILES string of the molecule is COC(C1CCCN1)C(C)C(=O)NC(C)Cc1ccccc1. The molecule has 0 spiro atoms. The van der Waals surface area contributed by atoms with E-state index in [1.54, 1.807) is 7.11 Å². The lowest BCUT2D eigenvalue weighted by atomic mass is 9.95. The number of carbonyl (C=O) groups is 1. The summed E-state index contributed by atoms with van der Waals surface area (Å²) < 4.78 is 5.59. The van der Waals surface area contributed by atoms with Gasteiger partial charge in [0.25, 0.3) is 0 Å². The predicted molar refractivity (Wildman–Crippen MR) is 88.7 cm³/mol. The Kier molecular flexibility index (Phi) is 6.40. The van der Waals surface area contributed by atoms with Crippen molar-refractivity contribution < 1.29 is 9.53 Å². The Morgan fingerprint density at radius 2 is 2.09 bits per heavy atom. The summed E-state index contributed by atoms with van der Waals surface area (Å²) in [5.41, 5.74) is 1.24. The first-order valence-corrected chi connectivity index (χ1v) is 8.22. The van der Waals surface area contributed by atoms with Gasteiger partial charge in [-0.1, -0.05) is 37.3 Å². The van der Waals surface area contributed by atoms with Crippen LogP contribution in [-0.2, 0) is 16.0 Å². The van der Waals surface area contributed by atoms with E-state index < -0.39 is 0 Å². The van der Waals surface area contributed by atoms with Crippen LogP contribution < -0.4 is 10.6 Å². The highest BCUT2D eigenvalue weighted by molar-refractivity contribution is 5.79. The molecule has 4 atom stereocenters. The van der Waals surface area contributed by atoms with E-state index in [4.69, 9.17) is 4.74 Å². The third-order valence-electron chi connectivity index (χ3n) is 4.45. The van der Waals surface area contributed by atoms with Gasteiger partial charge in [0.1, 0.15) is 0 Å². The third-order valence-corrected chi connectivity index (χ3v) is 4.45. The van der Waals surface area contributed by atoms with Crippen molar-refractivity contribution >= 4 is 5.91 Å². The van der Waals surface area contributed by atoms with Gasteiger partial charge < -0.3 is 15.4 Å². The number of hydrogen-bond acceptors (Lipinski definition) is 3. The minimum absolute atomic E-state index is 0.0635. The molecule has 1 aromatic carbocycles. The fraction of sp³-hybridized carbons (Fsp3) is 0.611. The van der Waals surface area contributed by atoms with E-state index in [1.165, 1.54) is 5.56 Å². The molecular formula is C18H28N2O2. The van der Waals surface area contributed by atoms with Crippen LogP contribution in [0.15, 0.2) is 30.3 Å². The number of hydrogen-bond donors (Lipinski definition) is 2. The largest absolute Gasteiger partial charge is 0.379 e. The monoisotopic (exact) mass is 304 g/mol. The van der Waals surface area contributed by atoms with Gasteiger partial charge in [-0.3, -0.25) is 4.79 Å². The normalized spacial score (nSPS) is 22.0. The van der Waals surface area contributed by atoms with Crippen LogP contribution in [0.4, 0.5) is 0 Å². The second-order valence-electron chi connectivity index (χ2n) is 6.29. The maximum absolute atomic E-state index is 12.5. The van der Waals surface area contributed by atoms with Gasteiger partial charge in [0.05, 0.1) is 12.0 Å². The summed E-state index contributed by atoms with van der Waals surface area (Å²) in [4.78, 5) is 12.5. The van der Waals surface area contributed by atoms with Gasteiger partial charge in [-0.25, -0.2) is 0 Å². The van der Waals surface area contributed by atoms with E-state index in [0.29, 0.717) is 0 Å². The number of nitrogens with one attached hydrogen (secondary N) is 2. The van der Waals surface area contributed by atoms with Crippen molar-refractivity contribution in [2.45, 2.75) is 51.3 Å². The fourth-order valence-electron chi connectivity index (χ4n) is 3.25. The number of carbonyl (C=O) groups excluding carboxylic acids is 1. The van der Waals surface area contributed by atoms with Gasteiger partial charge >= 0.3 is 0 Å². The number of amides is 1. The fourth-order valence-corrected chi connectivity index (χ4v) is 3.25. The Labute approximate surface area is 133 Å². The molecule has 1 amide bonds. The number of rotatable bonds is 7. The second-order valence-corrected chi connectivity index (χ2v) is 6.29. The second kappa shape index (κ2) is 8.30. The van der Waals surface area contributed by atoms with Crippen LogP contribution in [0.2, 0.25) is 0 Å². The average Bonchev–Trinajstić information content (AvgIpc) is 3.02. The molecule has 2 rings (SSSR count). The average molecular weight is 304 g/mol. The van der Waals surface area contributed by atoms with E-state index >= 15 is 0 Å². The topological polar surface area (TPSA) is 50.4 Å². The lowest BCUT2D eigenvalue weighted by Gasteiger charge is -2.28. The van der Waals surface area contributed by atoms with Crippen LogP contribution in [0.25, 0.3) is 0 Å². The van der Waals surface area contributed by atoms with Gasteiger partial charge in [0, 0.05) is 19.2 Å². The minimum atomic E-state index is -0.154. The Hall–Kier alpha value is -1.39. The zero-order valence-corrected chi connectivity index (χ0v) is 13.8. The molecule has 1 fully saturated rings. The van der Waals surface area contributed by atoms with E-state index in [2.05, 4.69) is 22.8 Å². The standard InChI is InChI=1S/C18H28N2O2/c1-13(12-15-8-5-4-6-9-15)20-18(21)14(2)17(22-3)16-10-7-11-19-16/h4-6,8-9,13-14,16-17,19H,7,10-12H2,1-3H3,(H,20,21). The summed E-state index contributed by atoms with van der Waals surface area (Å²) in [6, 6.07) is 10.6. The lowest BCUT2D eigenvalue weighted by Crippen LogP contribution is -2.48. The molecule has 1 aliphatic heterocycles. The van der Waals surface area contributed by atoms with E-state index in [9.17, 15) is 4.79 Å². The Morgan fingerprint density at radius 3 is 2.68 bits per heavy atom. The molecular weight excluding hydrogens is 276 g/mol. The van der Waals surface area contributed by atoms with E-state index in [1.807, 2.05) is 32.0 Å². The molecule has 0 aliphatic carbocycles.